The largest absolute Gasteiger partial charge is 0.350 e. The van der Waals surface area contributed by atoms with Crippen molar-refractivity contribution in [3.63, 3.8) is 0 Å². The molecule has 2 heterocycles. The molecule has 0 atom stereocenters. The summed E-state index contributed by atoms with van der Waals surface area (Å²) in [6.45, 7) is 0. The number of hydrogen-bond donors (Lipinski definition) is 1. The maximum atomic E-state index is 5.88. The van der Waals surface area contributed by atoms with E-state index in [1.54, 1.807) is 10.7 Å². The first-order valence-corrected chi connectivity index (χ1v) is 5.62. The molecule has 0 fully saturated rings. The van der Waals surface area contributed by atoms with Crippen molar-refractivity contribution < 1.29 is 0 Å². The Balaban J connectivity index is 1.87. The summed E-state index contributed by atoms with van der Waals surface area (Å²) in [5, 5.41) is 8.28. The van der Waals surface area contributed by atoms with E-state index in [2.05, 4.69) is 27.6 Å². The second-order valence-corrected chi connectivity index (χ2v) is 4.31. The first-order valence-electron chi connectivity index (χ1n) is 5.25. The van der Waals surface area contributed by atoms with Crippen LogP contribution in [0, 0.1) is 0 Å². The van der Waals surface area contributed by atoms with Gasteiger partial charge in [0.15, 0.2) is 5.65 Å². The Morgan fingerprint density at radius 2 is 2.12 bits per heavy atom. The van der Waals surface area contributed by atoms with Crippen LogP contribution in [0.25, 0.3) is 5.65 Å². The average molecular weight is 235 g/mol. The molecule has 1 aliphatic rings. The molecule has 16 heavy (non-hydrogen) atoms. The molecule has 2 aromatic heterocycles. The second-order valence-electron chi connectivity index (χ2n) is 3.87. The van der Waals surface area contributed by atoms with E-state index in [-0.39, 0.29) is 0 Å². The average Bonchev–Trinajstić information content (AvgIpc) is 2.86. The van der Waals surface area contributed by atoms with Gasteiger partial charge in [0.25, 0.3) is 0 Å². The maximum absolute atomic E-state index is 5.88. The van der Waals surface area contributed by atoms with Gasteiger partial charge in [0.2, 0.25) is 5.95 Å². The Kier molecular flexibility index (Phi) is 2.29. The van der Waals surface area contributed by atoms with E-state index in [0.717, 1.165) is 18.5 Å². The van der Waals surface area contributed by atoms with Crippen LogP contribution in [0.1, 0.15) is 12.8 Å². The monoisotopic (exact) mass is 234 g/mol. The van der Waals surface area contributed by atoms with Crippen molar-refractivity contribution in [1.29, 1.82) is 0 Å². The lowest BCUT2D eigenvalue weighted by atomic mass is 10.2. The number of anilines is 1. The Morgan fingerprint density at radius 3 is 2.94 bits per heavy atom. The number of nitrogens with zero attached hydrogens (tertiary/aromatic N) is 3. The summed E-state index contributed by atoms with van der Waals surface area (Å²) in [7, 11) is 0. The Labute approximate surface area is 97.9 Å². The molecular weight excluding hydrogens is 224 g/mol. The van der Waals surface area contributed by atoms with Gasteiger partial charge >= 0.3 is 0 Å². The van der Waals surface area contributed by atoms with Crippen molar-refractivity contribution in [3.05, 3.63) is 35.5 Å². The van der Waals surface area contributed by atoms with E-state index >= 15 is 0 Å². The van der Waals surface area contributed by atoms with Crippen molar-refractivity contribution in [1.82, 2.24) is 14.6 Å². The van der Waals surface area contributed by atoms with Crippen LogP contribution in [0.15, 0.2) is 30.5 Å². The maximum Gasteiger partial charge on any atom is 0.243 e. The SMILES string of the molecule is Clc1ccc2nc(NC3CC=CC3)nn2c1. The molecule has 1 aliphatic carbocycles. The van der Waals surface area contributed by atoms with Gasteiger partial charge in [-0.2, -0.15) is 4.98 Å². The van der Waals surface area contributed by atoms with Crippen molar-refractivity contribution in [2.75, 3.05) is 5.32 Å². The third-order valence-corrected chi connectivity index (χ3v) is 2.86. The van der Waals surface area contributed by atoms with Crippen molar-refractivity contribution in [2.24, 2.45) is 0 Å². The van der Waals surface area contributed by atoms with Crippen molar-refractivity contribution >= 4 is 23.2 Å². The molecule has 0 aliphatic heterocycles. The molecule has 1 N–H and O–H groups in total. The van der Waals surface area contributed by atoms with Crippen molar-refractivity contribution in [2.45, 2.75) is 18.9 Å². The Hall–Kier alpha value is -1.55. The minimum Gasteiger partial charge on any atom is -0.350 e. The number of nitrogens with one attached hydrogen (secondary N) is 1. The van der Waals surface area contributed by atoms with Crippen LogP contribution in [0.4, 0.5) is 5.95 Å². The highest BCUT2D eigenvalue weighted by atomic mass is 35.5. The Morgan fingerprint density at radius 1 is 1.31 bits per heavy atom. The van der Waals surface area contributed by atoms with E-state index < -0.39 is 0 Å². The van der Waals surface area contributed by atoms with E-state index in [1.165, 1.54) is 0 Å². The van der Waals surface area contributed by atoms with Gasteiger partial charge in [-0.25, -0.2) is 4.52 Å². The van der Waals surface area contributed by atoms with Gasteiger partial charge in [-0.1, -0.05) is 23.8 Å². The minimum absolute atomic E-state index is 0.424. The third-order valence-electron chi connectivity index (χ3n) is 2.64. The van der Waals surface area contributed by atoms with Gasteiger partial charge in [0.05, 0.1) is 5.02 Å². The van der Waals surface area contributed by atoms with Crippen LogP contribution in [-0.2, 0) is 0 Å². The van der Waals surface area contributed by atoms with Crippen LogP contribution >= 0.6 is 11.6 Å². The van der Waals surface area contributed by atoms with E-state index in [1.807, 2.05) is 12.1 Å². The molecule has 0 unspecified atom stereocenters. The molecule has 0 amide bonds. The minimum atomic E-state index is 0.424. The highest BCUT2D eigenvalue weighted by Crippen LogP contribution is 2.16. The summed E-state index contributed by atoms with van der Waals surface area (Å²) in [6.07, 6.45) is 8.17. The van der Waals surface area contributed by atoms with Crippen LogP contribution in [0.5, 0.6) is 0 Å². The highest BCUT2D eigenvalue weighted by Gasteiger charge is 2.12. The Bertz CT molecular complexity index is 538. The third kappa shape index (κ3) is 1.76. The predicted octanol–water partition coefficient (Wildman–Crippen LogP) is 2.51. The number of fused-ring (bicyclic) bond motifs is 1. The zero-order chi connectivity index (χ0) is 11.0. The van der Waals surface area contributed by atoms with Gasteiger partial charge in [0, 0.05) is 12.2 Å². The first kappa shape index (κ1) is 9.66. The summed E-state index contributed by atoms with van der Waals surface area (Å²) in [4.78, 5) is 4.37. The smallest absolute Gasteiger partial charge is 0.243 e. The molecule has 2 aromatic rings. The van der Waals surface area contributed by atoms with Gasteiger partial charge in [-0.3, -0.25) is 0 Å². The van der Waals surface area contributed by atoms with Crippen LogP contribution in [0.2, 0.25) is 5.02 Å². The molecule has 0 aromatic carbocycles. The fourth-order valence-corrected chi connectivity index (χ4v) is 1.99. The highest BCUT2D eigenvalue weighted by molar-refractivity contribution is 6.30. The summed E-state index contributed by atoms with van der Waals surface area (Å²) < 4.78 is 1.69. The van der Waals surface area contributed by atoms with Gasteiger partial charge in [0.1, 0.15) is 0 Å². The van der Waals surface area contributed by atoms with Crippen molar-refractivity contribution in [3.8, 4) is 0 Å². The molecule has 0 bridgehead atoms. The van der Waals surface area contributed by atoms with Gasteiger partial charge in [-0.15, -0.1) is 5.10 Å². The molecule has 0 spiro atoms. The lowest BCUT2D eigenvalue weighted by molar-refractivity contribution is 0.771. The summed E-state index contributed by atoms with van der Waals surface area (Å²) in [6, 6.07) is 4.09. The van der Waals surface area contributed by atoms with Gasteiger partial charge in [-0.05, 0) is 25.0 Å². The molecule has 3 rings (SSSR count). The standard InChI is InChI=1S/C11H11ClN4/c12-8-5-6-10-14-11(15-16(10)7-8)13-9-3-1-2-4-9/h1-2,5-7,9H,3-4H2,(H,13,15). The molecule has 82 valence electrons. The lowest BCUT2D eigenvalue weighted by Crippen LogP contribution is -2.15. The van der Waals surface area contributed by atoms with E-state index in [4.69, 9.17) is 11.6 Å². The molecule has 0 radical (unpaired) electrons. The molecule has 4 nitrogen and oxygen atoms in total. The summed E-state index contributed by atoms with van der Waals surface area (Å²) in [5.41, 5.74) is 0.804. The molecular formula is C11H11ClN4. The fraction of sp³-hybridized carbons (Fsp3) is 0.273. The number of halogens is 1. The predicted molar refractivity (Wildman–Crippen MR) is 63.8 cm³/mol. The van der Waals surface area contributed by atoms with E-state index in [0.29, 0.717) is 17.0 Å². The van der Waals surface area contributed by atoms with Crippen LogP contribution in [0.3, 0.4) is 0 Å². The number of pyridine rings is 1. The quantitative estimate of drug-likeness (QED) is 0.812. The zero-order valence-corrected chi connectivity index (χ0v) is 9.35. The topological polar surface area (TPSA) is 42.2 Å². The first-order chi connectivity index (χ1) is 7.81. The summed E-state index contributed by atoms with van der Waals surface area (Å²) in [5.74, 6) is 0.663. The van der Waals surface area contributed by atoms with Crippen LogP contribution < -0.4 is 5.32 Å². The summed E-state index contributed by atoms with van der Waals surface area (Å²) >= 11 is 5.88. The number of hydrogen-bond acceptors (Lipinski definition) is 3. The molecule has 0 saturated heterocycles. The zero-order valence-electron chi connectivity index (χ0n) is 8.60. The second kappa shape index (κ2) is 3.79. The number of rotatable bonds is 2. The van der Waals surface area contributed by atoms with Gasteiger partial charge < -0.3 is 5.32 Å². The molecule has 0 saturated carbocycles. The van der Waals surface area contributed by atoms with E-state index in [9.17, 15) is 0 Å². The number of aromatic nitrogens is 3. The fourth-order valence-electron chi connectivity index (χ4n) is 1.84. The normalized spacial score (nSPS) is 16.1. The van der Waals surface area contributed by atoms with Crippen LogP contribution in [-0.4, -0.2) is 20.6 Å². The molecule has 5 heteroatoms. The lowest BCUT2D eigenvalue weighted by Gasteiger charge is -2.08.